The molecule has 12 atom stereocenters. The van der Waals surface area contributed by atoms with Crippen LogP contribution in [0, 0.1) is 23.7 Å². The van der Waals surface area contributed by atoms with E-state index < -0.39 is 32.6 Å². The van der Waals surface area contributed by atoms with Crippen molar-refractivity contribution in [1.29, 1.82) is 0 Å². The minimum absolute atomic E-state index is 0. The molecule has 5 aliphatic heterocycles. The van der Waals surface area contributed by atoms with Gasteiger partial charge in [-0.2, -0.15) is 0 Å². The zero-order chi connectivity index (χ0) is 32.9. The van der Waals surface area contributed by atoms with Crippen LogP contribution in [0.4, 0.5) is 0 Å². The Labute approximate surface area is 354 Å². The third kappa shape index (κ3) is 7.65. The molecule has 0 aromatic heterocycles. The molecular formula is C32H40CuN8Na2O6S2. The maximum absolute atomic E-state index is 12.1. The molecule has 5 heterocycles. The normalized spacial score (nSPS) is 38.2. The topological polar surface area (TPSA) is 215 Å². The van der Waals surface area contributed by atoms with Crippen LogP contribution in [0.5, 0.6) is 0 Å². The van der Waals surface area contributed by atoms with Gasteiger partial charge in [-0.15, -0.1) is 0 Å². The summed E-state index contributed by atoms with van der Waals surface area (Å²) in [5.74, 6) is 0.991. The number of hydrogen-bond donors (Lipinski definition) is 6. The third-order valence-corrected chi connectivity index (χ3v) is 13.6. The van der Waals surface area contributed by atoms with Gasteiger partial charge in [-0.05, 0) is 70.2 Å². The minimum atomic E-state index is -4.65. The van der Waals surface area contributed by atoms with Gasteiger partial charge in [0.15, 0.2) is 0 Å². The Kier molecular flexibility index (Phi) is 12.7. The van der Waals surface area contributed by atoms with Crippen LogP contribution in [0.1, 0.15) is 98.3 Å². The molecule has 19 heteroatoms. The standard InChI is InChI=1S/C32H42N8O6S2.Cu.2Na/c41-47(42,43)15-9-11-21-23(13-15)32-38-28-20-8-4-2-6-18(20)26(34-28)36-30-22-12-10-16(48(44,45)46)14-24(22)31(40-30)37-27-19-7-3-1-5-17(19)25(33-27)35-29(21)39-32;;;/h9-14,17-20,25-32,35-40H,1-8H2,(H,41,42,43)(H,44,45,46);;;/q-2;+2;2*+1/p-2. The summed E-state index contributed by atoms with van der Waals surface area (Å²) in [6.07, 6.45) is 5.91. The van der Waals surface area contributed by atoms with E-state index in [1.807, 2.05) is 0 Å². The summed E-state index contributed by atoms with van der Waals surface area (Å²) in [6, 6.07) is 9.22. The molecule has 9 rings (SSSR count). The van der Waals surface area contributed by atoms with Gasteiger partial charge in [0.05, 0.1) is 34.5 Å². The molecule has 2 aromatic rings. The third-order valence-electron chi connectivity index (χ3n) is 12.0. The Morgan fingerprint density at radius 1 is 0.490 bits per heavy atom. The van der Waals surface area contributed by atoms with Crippen molar-refractivity contribution in [3.8, 4) is 0 Å². The van der Waals surface area contributed by atoms with Crippen molar-refractivity contribution in [2.24, 2.45) is 23.7 Å². The second kappa shape index (κ2) is 15.8. The Hall–Kier alpha value is 0.459. The van der Waals surface area contributed by atoms with Crippen LogP contribution in [-0.2, 0) is 37.3 Å². The van der Waals surface area contributed by atoms with Crippen LogP contribution < -0.4 is 91.0 Å². The zero-order valence-electron chi connectivity index (χ0n) is 28.5. The Bertz CT molecular complexity index is 1720. The minimum Gasteiger partial charge on any atom is -0.744 e. The van der Waals surface area contributed by atoms with Crippen molar-refractivity contribution < 1.29 is 102 Å². The predicted molar refractivity (Wildman–Crippen MR) is 171 cm³/mol. The Balaban J connectivity index is 0.00000149. The fraction of sp³-hybridized carbons (Fsp3) is 0.625. The average Bonchev–Trinajstić information content (AvgIpc) is 3.79. The molecule has 2 saturated carbocycles. The van der Waals surface area contributed by atoms with Gasteiger partial charge in [0.1, 0.15) is 20.2 Å². The van der Waals surface area contributed by atoms with Crippen molar-refractivity contribution in [3.63, 3.8) is 0 Å². The van der Waals surface area contributed by atoms with Crippen LogP contribution in [0.25, 0.3) is 10.6 Å². The van der Waals surface area contributed by atoms with Crippen LogP contribution in [0.15, 0.2) is 46.2 Å². The fourth-order valence-corrected chi connectivity index (χ4v) is 10.8. The maximum Gasteiger partial charge on any atom is 2.00 e. The molecule has 0 spiro atoms. The van der Waals surface area contributed by atoms with Crippen molar-refractivity contribution in [1.82, 2.24) is 31.9 Å². The van der Waals surface area contributed by atoms with E-state index in [1.165, 1.54) is 24.3 Å². The van der Waals surface area contributed by atoms with Crippen molar-refractivity contribution >= 4 is 20.2 Å². The summed E-state index contributed by atoms with van der Waals surface area (Å²) in [6.45, 7) is 0. The Morgan fingerprint density at radius 3 is 1.08 bits per heavy atom. The van der Waals surface area contributed by atoms with Gasteiger partial charge < -0.3 is 41.0 Å². The van der Waals surface area contributed by atoms with Crippen LogP contribution in [0.2, 0.25) is 0 Å². The summed E-state index contributed by atoms with van der Waals surface area (Å²) >= 11 is 0. The fourth-order valence-electron chi connectivity index (χ4n) is 9.77. The molecule has 6 N–H and O–H groups in total. The SMILES string of the molecule is O=S(=O)([O-])c1ccc2c(c1)C1NC2NC2[N-]C(NC3NC(NC4[N-]C(N1)C1CCCCC41)c1ccc(S(=O)(=O)[O-])cc13)C1CCCCC21.[Cu+2].[Na+].[Na+]. The first kappa shape index (κ1) is 41.1. The second-order valence-corrected chi connectivity index (χ2v) is 17.3. The number of hydrogen-bond acceptors (Lipinski definition) is 12. The van der Waals surface area contributed by atoms with E-state index in [2.05, 4.69) is 31.9 Å². The number of fused-ring (bicyclic) bond motifs is 20. The molecule has 2 aromatic carbocycles. The summed E-state index contributed by atoms with van der Waals surface area (Å²) < 4.78 is 72.5. The maximum atomic E-state index is 12.1. The number of rotatable bonds is 2. The van der Waals surface area contributed by atoms with Crippen molar-refractivity contribution in [2.45, 2.75) is 110 Å². The van der Waals surface area contributed by atoms with Crippen LogP contribution >= 0.6 is 0 Å². The molecule has 14 nitrogen and oxygen atoms in total. The predicted octanol–water partition coefficient (Wildman–Crippen LogP) is -3.53. The molecule has 2 aliphatic carbocycles. The van der Waals surface area contributed by atoms with Crippen molar-refractivity contribution in [2.75, 3.05) is 0 Å². The van der Waals surface area contributed by atoms with E-state index in [0.717, 1.165) is 73.6 Å². The Morgan fingerprint density at radius 2 is 0.784 bits per heavy atom. The van der Waals surface area contributed by atoms with Gasteiger partial charge in [-0.25, -0.2) is 16.8 Å². The largest absolute Gasteiger partial charge is 2.00 e. The molecule has 12 unspecified atom stereocenters. The smallest absolute Gasteiger partial charge is 0.744 e. The van der Waals surface area contributed by atoms with E-state index in [4.69, 9.17) is 10.6 Å². The summed E-state index contributed by atoms with van der Waals surface area (Å²) in [5, 5.41) is 32.8. The van der Waals surface area contributed by atoms with Gasteiger partial charge in [0.2, 0.25) is 0 Å². The van der Waals surface area contributed by atoms with E-state index in [0.29, 0.717) is 0 Å². The van der Waals surface area contributed by atoms with Gasteiger partial charge in [-0.1, -0.05) is 88.2 Å². The van der Waals surface area contributed by atoms with Gasteiger partial charge in [0, 0.05) is 0 Å². The number of nitrogens with zero attached hydrogens (tertiary/aromatic N) is 2. The van der Waals surface area contributed by atoms with Crippen LogP contribution in [-0.4, -0.2) is 50.6 Å². The molecule has 7 aliphatic rings. The van der Waals surface area contributed by atoms with Gasteiger partial charge in [-0.3, -0.25) is 10.6 Å². The molecule has 0 amide bonds. The molecule has 5 fully saturated rings. The first-order valence-electron chi connectivity index (χ1n) is 17.2. The number of nitrogens with one attached hydrogen (secondary N) is 6. The average molecular weight is 806 g/mol. The molecule has 269 valence electrons. The van der Waals surface area contributed by atoms with E-state index in [9.17, 15) is 25.9 Å². The van der Waals surface area contributed by atoms with E-state index >= 15 is 0 Å². The summed E-state index contributed by atoms with van der Waals surface area (Å²) in [5.41, 5.74) is 3.19. The summed E-state index contributed by atoms with van der Waals surface area (Å²) in [4.78, 5) is -0.508. The first-order chi connectivity index (χ1) is 23.0. The number of benzene rings is 2. The van der Waals surface area contributed by atoms with Gasteiger partial charge >= 0.3 is 76.2 Å². The first-order valence-corrected chi connectivity index (χ1v) is 20.0. The zero-order valence-corrected chi connectivity index (χ0v) is 35.1. The molecule has 51 heavy (non-hydrogen) atoms. The molecule has 8 bridgehead atoms. The van der Waals surface area contributed by atoms with Crippen molar-refractivity contribution in [3.05, 3.63) is 69.3 Å². The van der Waals surface area contributed by atoms with E-state index in [-0.39, 0.29) is 147 Å². The molecular weight excluding hydrogens is 766 g/mol. The van der Waals surface area contributed by atoms with E-state index in [1.54, 1.807) is 12.1 Å². The summed E-state index contributed by atoms with van der Waals surface area (Å²) in [7, 11) is -9.31. The quantitative estimate of drug-likeness (QED) is 0.129. The van der Waals surface area contributed by atoms with Crippen LogP contribution in [0.3, 0.4) is 0 Å². The molecule has 1 radical (unpaired) electrons. The molecule has 3 saturated heterocycles. The monoisotopic (exact) mass is 805 g/mol. The second-order valence-electron chi connectivity index (χ2n) is 14.5. The van der Waals surface area contributed by atoms with Gasteiger partial charge in [0.25, 0.3) is 0 Å².